The van der Waals surface area contributed by atoms with Crippen molar-refractivity contribution in [1.29, 1.82) is 0 Å². The molecule has 0 bridgehead atoms. The molecule has 1 amide bonds. The molecule has 6 heteroatoms. The predicted molar refractivity (Wildman–Crippen MR) is 75.9 cm³/mol. The molecule has 0 aromatic carbocycles. The highest BCUT2D eigenvalue weighted by Gasteiger charge is 2.40. The number of fused-ring (bicyclic) bond motifs is 1. The summed E-state index contributed by atoms with van der Waals surface area (Å²) in [5.41, 5.74) is 6.20. The number of anilines is 1. The zero-order valence-corrected chi connectivity index (χ0v) is 12.9. The second kappa shape index (κ2) is 4.67. The minimum atomic E-state index is -0.485. The number of amides is 1. The molecule has 2 rings (SSSR count). The maximum Gasteiger partial charge on any atom is 0.411 e. The highest BCUT2D eigenvalue weighted by atomic mass is 32.1. The molecule has 1 aromatic rings. The number of ether oxygens (including phenoxy) is 1. The first-order chi connectivity index (χ1) is 8.69. The average Bonchev–Trinajstić information content (AvgIpc) is 2.69. The Morgan fingerprint density at radius 3 is 2.68 bits per heavy atom. The number of aromatic nitrogens is 1. The molecule has 0 saturated heterocycles. The summed E-state index contributed by atoms with van der Waals surface area (Å²) in [6.45, 7) is 10.3. The van der Waals surface area contributed by atoms with Crippen LogP contribution in [0.5, 0.6) is 0 Å². The Bertz CT molecular complexity index is 491. The fourth-order valence-corrected chi connectivity index (χ4v) is 3.17. The van der Waals surface area contributed by atoms with Crippen molar-refractivity contribution in [1.82, 2.24) is 9.88 Å². The molecule has 2 heterocycles. The summed E-state index contributed by atoms with van der Waals surface area (Å²) < 4.78 is 5.47. The van der Waals surface area contributed by atoms with Crippen LogP contribution in [-0.4, -0.2) is 21.6 Å². The number of hydrogen-bond acceptors (Lipinski definition) is 5. The van der Waals surface area contributed by atoms with Crippen LogP contribution in [0.2, 0.25) is 0 Å². The number of hydrogen-bond donors (Lipinski definition) is 1. The van der Waals surface area contributed by atoms with Gasteiger partial charge in [0, 0.05) is 0 Å². The Kier molecular flexibility index (Phi) is 3.47. The summed E-state index contributed by atoms with van der Waals surface area (Å²) in [4.78, 5) is 19.5. The number of nitrogens with two attached hydrogens (primary N) is 1. The van der Waals surface area contributed by atoms with Crippen molar-refractivity contribution in [2.45, 2.75) is 52.8 Å². The van der Waals surface area contributed by atoms with Gasteiger partial charge < -0.3 is 10.5 Å². The fraction of sp³-hybridized carbons (Fsp3) is 0.692. The second-order valence-corrected chi connectivity index (χ2v) is 7.27. The number of nitrogens with zero attached hydrogens (tertiary/aromatic N) is 2. The third-order valence-electron chi connectivity index (χ3n) is 2.93. The van der Waals surface area contributed by atoms with E-state index in [1.165, 1.54) is 11.3 Å². The maximum atomic E-state index is 12.3. The first kappa shape index (κ1) is 14.1. The zero-order chi connectivity index (χ0) is 14.4. The number of carbonyl (C=O) groups excluding carboxylic acids is 1. The largest absolute Gasteiger partial charge is 0.444 e. The minimum absolute atomic E-state index is 0.0431. The minimum Gasteiger partial charge on any atom is -0.444 e. The number of rotatable bonds is 1. The first-order valence-electron chi connectivity index (χ1n) is 6.43. The van der Waals surface area contributed by atoms with Gasteiger partial charge in [0.1, 0.15) is 5.60 Å². The Labute approximate surface area is 117 Å². The molecule has 1 aromatic heterocycles. The molecule has 5 nitrogen and oxygen atoms in total. The zero-order valence-electron chi connectivity index (χ0n) is 12.1. The van der Waals surface area contributed by atoms with E-state index in [1.807, 2.05) is 20.8 Å². The first-order valence-corrected chi connectivity index (χ1v) is 7.25. The van der Waals surface area contributed by atoms with Gasteiger partial charge in [-0.1, -0.05) is 13.8 Å². The summed E-state index contributed by atoms with van der Waals surface area (Å²) in [6, 6.07) is -0.0431. The normalized spacial score (nSPS) is 18.8. The highest BCUT2D eigenvalue weighted by molar-refractivity contribution is 7.15. The van der Waals surface area contributed by atoms with Crippen LogP contribution < -0.4 is 5.73 Å². The molecule has 1 aliphatic rings. The standard InChI is InChI=1S/C13H21N3O2S/c1-7(2)10-9-8(19-11(14)15-9)6-16(10)12(17)18-13(3,4)5/h7,10H,6H2,1-5H3,(H2,14,15)/t10-/m0/s1. The number of thiazole rings is 1. The van der Waals surface area contributed by atoms with Crippen LogP contribution in [0.15, 0.2) is 0 Å². The van der Waals surface area contributed by atoms with Gasteiger partial charge in [0.25, 0.3) is 0 Å². The van der Waals surface area contributed by atoms with Crippen LogP contribution in [0, 0.1) is 5.92 Å². The molecule has 0 unspecified atom stereocenters. The average molecular weight is 283 g/mol. The lowest BCUT2D eigenvalue weighted by atomic mass is 10.0. The van der Waals surface area contributed by atoms with Crippen LogP contribution in [0.1, 0.15) is 51.2 Å². The second-order valence-electron chi connectivity index (χ2n) is 6.16. The van der Waals surface area contributed by atoms with E-state index in [4.69, 9.17) is 10.5 Å². The van der Waals surface area contributed by atoms with E-state index in [-0.39, 0.29) is 18.1 Å². The lowest BCUT2D eigenvalue weighted by Crippen LogP contribution is -2.37. The van der Waals surface area contributed by atoms with Crippen molar-refractivity contribution in [3.8, 4) is 0 Å². The molecule has 0 saturated carbocycles. The smallest absolute Gasteiger partial charge is 0.411 e. The Balaban J connectivity index is 2.24. The molecule has 1 atom stereocenters. The Morgan fingerprint density at radius 1 is 1.53 bits per heavy atom. The van der Waals surface area contributed by atoms with Crippen molar-refractivity contribution in [3.63, 3.8) is 0 Å². The van der Waals surface area contributed by atoms with Gasteiger partial charge in [-0.2, -0.15) is 0 Å². The summed E-state index contributed by atoms with van der Waals surface area (Å²) in [7, 11) is 0. The van der Waals surface area contributed by atoms with E-state index in [9.17, 15) is 4.79 Å². The van der Waals surface area contributed by atoms with E-state index in [2.05, 4.69) is 18.8 Å². The van der Waals surface area contributed by atoms with Crippen LogP contribution >= 0.6 is 11.3 Å². The Hall–Kier alpha value is -1.30. The molecule has 0 aliphatic carbocycles. The van der Waals surface area contributed by atoms with Gasteiger partial charge in [-0.05, 0) is 26.7 Å². The van der Waals surface area contributed by atoms with Gasteiger partial charge >= 0.3 is 6.09 Å². The molecule has 0 fully saturated rings. The van der Waals surface area contributed by atoms with Crippen molar-refractivity contribution in [3.05, 3.63) is 10.6 Å². The van der Waals surface area contributed by atoms with Crippen molar-refractivity contribution in [2.24, 2.45) is 5.92 Å². The fourth-order valence-electron chi connectivity index (χ4n) is 2.30. The topological polar surface area (TPSA) is 68.5 Å². The van der Waals surface area contributed by atoms with Gasteiger partial charge in [0.2, 0.25) is 0 Å². The third kappa shape index (κ3) is 2.83. The molecule has 19 heavy (non-hydrogen) atoms. The molecular formula is C13H21N3O2S. The lowest BCUT2D eigenvalue weighted by Gasteiger charge is -2.30. The monoisotopic (exact) mass is 283 g/mol. The molecule has 2 N–H and O–H groups in total. The SMILES string of the molecule is CC(C)[C@H]1c2nc(N)sc2CN1C(=O)OC(C)(C)C. The molecule has 1 aliphatic heterocycles. The van der Waals surface area contributed by atoms with E-state index < -0.39 is 5.60 Å². The maximum absolute atomic E-state index is 12.3. The van der Waals surface area contributed by atoms with Crippen LogP contribution in [-0.2, 0) is 11.3 Å². The lowest BCUT2D eigenvalue weighted by molar-refractivity contribution is 0.0124. The van der Waals surface area contributed by atoms with Gasteiger partial charge in [-0.15, -0.1) is 11.3 Å². The molecule has 106 valence electrons. The van der Waals surface area contributed by atoms with Gasteiger partial charge in [-0.25, -0.2) is 9.78 Å². The van der Waals surface area contributed by atoms with Crippen molar-refractivity contribution >= 4 is 22.6 Å². The van der Waals surface area contributed by atoms with Crippen LogP contribution in [0.4, 0.5) is 9.93 Å². The van der Waals surface area contributed by atoms with Crippen LogP contribution in [0.25, 0.3) is 0 Å². The van der Waals surface area contributed by atoms with Crippen molar-refractivity contribution < 1.29 is 9.53 Å². The van der Waals surface area contributed by atoms with E-state index in [0.717, 1.165) is 10.6 Å². The third-order valence-corrected chi connectivity index (χ3v) is 3.82. The van der Waals surface area contributed by atoms with E-state index in [0.29, 0.717) is 11.7 Å². The van der Waals surface area contributed by atoms with Gasteiger partial charge in [0.05, 0.1) is 23.2 Å². The summed E-state index contributed by atoms with van der Waals surface area (Å²) in [5.74, 6) is 0.273. The summed E-state index contributed by atoms with van der Waals surface area (Å²) >= 11 is 1.45. The Morgan fingerprint density at radius 2 is 2.16 bits per heavy atom. The predicted octanol–water partition coefficient (Wildman–Crippen LogP) is 3.17. The summed E-state index contributed by atoms with van der Waals surface area (Å²) in [6.07, 6.45) is -0.282. The quantitative estimate of drug-likeness (QED) is 0.859. The van der Waals surface area contributed by atoms with Crippen LogP contribution in [0.3, 0.4) is 0 Å². The van der Waals surface area contributed by atoms with E-state index >= 15 is 0 Å². The number of carbonyl (C=O) groups is 1. The number of nitrogen functional groups attached to an aromatic ring is 1. The van der Waals surface area contributed by atoms with Gasteiger partial charge in [0.15, 0.2) is 5.13 Å². The van der Waals surface area contributed by atoms with E-state index in [1.54, 1.807) is 4.90 Å². The molecule has 0 spiro atoms. The van der Waals surface area contributed by atoms with Crippen molar-refractivity contribution in [2.75, 3.05) is 5.73 Å². The highest BCUT2D eigenvalue weighted by Crippen LogP contribution is 2.42. The molecular weight excluding hydrogens is 262 g/mol. The summed E-state index contributed by atoms with van der Waals surface area (Å²) in [5, 5.41) is 0.569. The van der Waals surface area contributed by atoms with Gasteiger partial charge in [-0.3, -0.25) is 4.90 Å². The molecule has 0 radical (unpaired) electrons.